The number of hydrogen-bond acceptors (Lipinski definition) is 1. The van der Waals surface area contributed by atoms with Crippen LogP contribution in [0.4, 0.5) is 5.69 Å². The van der Waals surface area contributed by atoms with Gasteiger partial charge >= 0.3 is 0 Å². The van der Waals surface area contributed by atoms with Crippen molar-refractivity contribution in [2.24, 2.45) is 0 Å². The van der Waals surface area contributed by atoms with Crippen LogP contribution in [-0.4, -0.2) is 5.91 Å². The van der Waals surface area contributed by atoms with Gasteiger partial charge in [-0.3, -0.25) is 4.79 Å². The minimum absolute atomic E-state index is 0.103. The second kappa shape index (κ2) is 6.78. The lowest BCUT2D eigenvalue weighted by Gasteiger charge is -2.16. The standard InChI is InChI=1S/C16H15Cl2NO/c1-2-12(11-7-4-3-5-8-11)16(20)19-15-13(17)9-6-10-14(15)18/h3-10,12H,2H2,1H3,(H,19,20)/t12-/m0/s1. The highest BCUT2D eigenvalue weighted by molar-refractivity contribution is 6.39. The highest BCUT2D eigenvalue weighted by Gasteiger charge is 2.20. The van der Waals surface area contributed by atoms with Gasteiger partial charge in [0, 0.05) is 0 Å². The summed E-state index contributed by atoms with van der Waals surface area (Å²) >= 11 is 12.1. The van der Waals surface area contributed by atoms with Crippen molar-refractivity contribution in [1.82, 2.24) is 0 Å². The largest absolute Gasteiger partial charge is 0.323 e. The number of para-hydroxylation sites is 1. The van der Waals surface area contributed by atoms with Crippen LogP contribution in [0, 0.1) is 0 Å². The predicted octanol–water partition coefficient (Wildman–Crippen LogP) is 5.13. The maximum absolute atomic E-state index is 12.4. The van der Waals surface area contributed by atoms with Crippen molar-refractivity contribution in [1.29, 1.82) is 0 Å². The van der Waals surface area contributed by atoms with Gasteiger partial charge in [-0.05, 0) is 24.1 Å². The van der Waals surface area contributed by atoms with E-state index in [4.69, 9.17) is 23.2 Å². The van der Waals surface area contributed by atoms with Gasteiger partial charge < -0.3 is 5.32 Å². The van der Waals surface area contributed by atoms with Gasteiger partial charge in [-0.15, -0.1) is 0 Å². The molecule has 0 heterocycles. The molecule has 2 rings (SSSR count). The van der Waals surface area contributed by atoms with Crippen molar-refractivity contribution < 1.29 is 4.79 Å². The Hall–Kier alpha value is -1.51. The van der Waals surface area contributed by atoms with E-state index in [9.17, 15) is 4.79 Å². The number of halogens is 2. The second-order valence-electron chi connectivity index (χ2n) is 4.46. The Bertz CT molecular complexity index is 578. The molecule has 0 aromatic heterocycles. The molecule has 4 heteroatoms. The Kier molecular flexibility index (Phi) is 5.05. The number of nitrogens with one attached hydrogen (secondary N) is 1. The lowest BCUT2D eigenvalue weighted by atomic mass is 9.95. The Balaban J connectivity index is 2.23. The summed E-state index contributed by atoms with van der Waals surface area (Å²) in [4.78, 5) is 12.4. The van der Waals surface area contributed by atoms with E-state index in [0.29, 0.717) is 22.2 Å². The van der Waals surface area contributed by atoms with Crippen LogP contribution in [0.25, 0.3) is 0 Å². The van der Waals surface area contributed by atoms with Gasteiger partial charge in [-0.1, -0.05) is 66.5 Å². The van der Waals surface area contributed by atoms with Crippen molar-refractivity contribution in [3.05, 3.63) is 64.1 Å². The highest BCUT2D eigenvalue weighted by atomic mass is 35.5. The molecule has 1 atom stereocenters. The zero-order valence-corrected chi connectivity index (χ0v) is 12.6. The highest BCUT2D eigenvalue weighted by Crippen LogP contribution is 2.31. The van der Waals surface area contributed by atoms with E-state index >= 15 is 0 Å². The summed E-state index contributed by atoms with van der Waals surface area (Å²) < 4.78 is 0. The molecule has 0 unspecified atom stereocenters. The summed E-state index contributed by atoms with van der Waals surface area (Å²) in [5, 5.41) is 3.70. The average Bonchev–Trinajstić information content (AvgIpc) is 2.45. The molecule has 0 aliphatic heterocycles. The van der Waals surface area contributed by atoms with E-state index in [1.807, 2.05) is 37.3 Å². The number of benzene rings is 2. The van der Waals surface area contributed by atoms with Crippen LogP contribution < -0.4 is 5.32 Å². The molecule has 2 nitrogen and oxygen atoms in total. The van der Waals surface area contributed by atoms with E-state index in [2.05, 4.69) is 5.32 Å². The lowest BCUT2D eigenvalue weighted by molar-refractivity contribution is -0.117. The fraction of sp³-hybridized carbons (Fsp3) is 0.188. The van der Waals surface area contributed by atoms with Crippen LogP contribution in [0.1, 0.15) is 24.8 Å². The molecule has 20 heavy (non-hydrogen) atoms. The first-order valence-electron chi connectivity index (χ1n) is 6.43. The molecule has 1 amide bonds. The summed E-state index contributed by atoms with van der Waals surface area (Å²) in [5.41, 5.74) is 1.45. The van der Waals surface area contributed by atoms with E-state index in [1.165, 1.54) is 0 Å². The molecule has 0 bridgehead atoms. The number of rotatable bonds is 4. The smallest absolute Gasteiger partial charge is 0.231 e. The summed E-state index contributed by atoms with van der Waals surface area (Å²) in [6.45, 7) is 1.98. The van der Waals surface area contributed by atoms with Crippen molar-refractivity contribution in [2.45, 2.75) is 19.3 Å². The van der Waals surface area contributed by atoms with Gasteiger partial charge in [0.2, 0.25) is 5.91 Å². The van der Waals surface area contributed by atoms with E-state index < -0.39 is 0 Å². The van der Waals surface area contributed by atoms with E-state index in [0.717, 1.165) is 5.56 Å². The van der Waals surface area contributed by atoms with Gasteiger partial charge in [0.1, 0.15) is 0 Å². The molecular formula is C16H15Cl2NO. The van der Waals surface area contributed by atoms with Gasteiger partial charge in [-0.2, -0.15) is 0 Å². The molecule has 0 aliphatic rings. The molecule has 0 spiro atoms. The Morgan fingerprint density at radius 2 is 1.65 bits per heavy atom. The minimum atomic E-state index is -0.219. The number of anilines is 1. The number of hydrogen-bond donors (Lipinski definition) is 1. The summed E-state index contributed by atoms with van der Waals surface area (Å²) in [7, 11) is 0. The normalized spacial score (nSPS) is 11.9. The van der Waals surface area contributed by atoms with Crippen molar-refractivity contribution >= 4 is 34.8 Å². The molecule has 0 saturated heterocycles. The second-order valence-corrected chi connectivity index (χ2v) is 5.27. The first-order chi connectivity index (χ1) is 9.63. The topological polar surface area (TPSA) is 29.1 Å². The maximum atomic E-state index is 12.4. The molecule has 0 saturated carbocycles. The number of carbonyl (C=O) groups is 1. The van der Waals surface area contributed by atoms with Crippen LogP contribution in [0.2, 0.25) is 10.0 Å². The maximum Gasteiger partial charge on any atom is 0.231 e. The van der Waals surface area contributed by atoms with E-state index in [1.54, 1.807) is 18.2 Å². The minimum Gasteiger partial charge on any atom is -0.323 e. The quantitative estimate of drug-likeness (QED) is 0.834. The first kappa shape index (κ1) is 14.9. The van der Waals surface area contributed by atoms with Gasteiger partial charge in [-0.25, -0.2) is 0 Å². The van der Waals surface area contributed by atoms with Gasteiger partial charge in [0.15, 0.2) is 0 Å². The van der Waals surface area contributed by atoms with Gasteiger partial charge in [0.05, 0.1) is 21.7 Å². The Morgan fingerprint density at radius 3 is 2.20 bits per heavy atom. The average molecular weight is 308 g/mol. The Morgan fingerprint density at radius 1 is 1.05 bits per heavy atom. The predicted molar refractivity (Wildman–Crippen MR) is 84.6 cm³/mol. The number of carbonyl (C=O) groups excluding carboxylic acids is 1. The third-order valence-electron chi connectivity index (χ3n) is 3.14. The van der Waals surface area contributed by atoms with Crippen LogP contribution in [-0.2, 0) is 4.79 Å². The molecule has 104 valence electrons. The third kappa shape index (κ3) is 3.33. The van der Waals surface area contributed by atoms with Crippen molar-refractivity contribution in [2.75, 3.05) is 5.32 Å². The van der Waals surface area contributed by atoms with E-state index in [-0.39, 0.29) is 11.8 Å². The van der Waals surface area contributed by atoms with Crippen molar-refractivity contribution in [3.8, 4) is 0 Å². The molecule has 1 N–H and O–H groups in total. The first-order valence-corrected chi connectivity index (χ1v) is 7.19. The zero-order valence-electron chi connectivity index (χ0n) is 11.1. The number of amides is 1. The zero-order chi connectivity index (χ0) is 14.5. The summed E-state index contributed by atoms with van der Waals surface area (Å²) in [5.74, 6) is -0.322. The fourth-order valence-electron chi connectivity index (χ4n) is 2.09. The van der Waals surface area contributed by atoms with Crippen LogP contribution in [0.5, 0.6) is 0 Å². The molecule has 0 fully saturated rings. The molecule has 0 aliphatic carbocycles. The van der Waals surface area contributed by atoms with Crippen LogP contribution in [0.3, 0.4) is 0 Å². The molecular weight excluding hydrogens is 293 g/mol. The summed E-state index contributed by atoms with van der Waals surface area (Å²) in [6.07, 6.45) is 0.706. The summed E-state index contributed by atoms with van der Waals surface area (Å²) in [6, 6.07) is 14.8. The Labute approximate surface area is 128 Å². The van der Waals surface area contributed by atoms with Crippen molar-refractivity contribution in [3.63, 3.8) is 0 Å². The lowest BCUT2D eigenvalue weighted by Crippen LogP contribution is -2.21. The third-order valence-corrected chi connectivity index (χ3v) is 3.77. The van der Waals surface area contributed by atoms with Crippen LogP contribution >= 0.6 is 23.2 Å². The van der Waals surface area contributed by atoms with Crippen LogP contribution in [0.15, 0.2) is 48.5 Å². The molecule has 2 aromatic carbocycles. The monoisotopic (exact) mass is 307 g/mol. The SMILES string of the molecule is CC[C@H](C(=O)Nc1c(Cl)cccc1Cl)c1ccccc1. The molecule has 0 radical (unpaired) electrons. The molecule has 2 aromatic rings. The fourth-order valence-corrected chi connectivity index (χ4v) is 2.58. The van der Waals surface area contributed by atoms with Gasteiger partial charge in [0.25, 0.3) is 0 Å².